The first kappa shape index (κ1) is 27.0. The zero-order valence-corrected chi connectivity index (χ0v) is 26.8. The monoisotopic (exact) mass is 592 g/mol. The number of anilines is 6. The van der Waals surface area contributed by atoms with Gasteiger partial charge in [-0.1, -0.05) is 113 Å². The molecule has 0 unspecified atom stereocenters. The molecule has 0 aromatic heterocycles. The Labute approximate surface area is 271 Å². The van der Waals surface area contributed by atoms with Gasteiger partial charge in [-0.05, 0) is 104 Å². The second kappa shape index (κ2) is 9.58. The fourth-order valence-electron chi connectivity index (χ4n) is 8.15. The molecule has 46 heavy (non-hydrogen) atoms. The summed E-state index contributed by atoms with van der Waals surface area (Å²) in [5.74, 6) is 0. The number of rotatable bonds is 2. The van der Waals surface area contributed by atoms with E-state index in [-0.39, 0.29) is 10.8 Å². The number of para-hydroxylation sites is 4. The lowest BCUT2D eigenvalue weighted by molar-refractivity contribution is 0.632. The van der Waals surface area contributed by atoms with Gasteiger partial charge >= 0.3 is 0 Å². The number of hydrogen-bond donors (Lipinski definition) is 0. The number of fused-ring (bicyclic) bond motifs is 6. The maximum atomic E-state index is 2.44. The van der Waals surface area contributed by atoms with Crippen molar-refractivity contribution in [3.05, 3.63) is 168 Å². The fraction of sp³-hybridized carbons (Fsp3) is 0.136. The van der Waals surface area contributed by atoms with Crippen LogP contribution in [0.1, 0.15) is 49.9 Å². The molecule has 9 rings (SSSR count). The molecule has 0 N–H and O–H groups in total. The van der Waals surface area contributed by atoms with E-state index < -0.39 is 0 Å². The van der Waals surface area contributed by atoms with Crippen LogP contribution in [0.15, 0.2) is 146 Å². The van der Waals surface area contributed by atoms with Crippen molar-refractivity contribution in [2.45, 2.75) is 38.5 Å². The maximum absolute atomic E-state index is 2.44. The summed E-state index contributed by atoms with van der Waals surface area (Å²) in [6, 6.07) is 54.0. The van der Waals surface area contributed by atoms with E-state index >= 15 is 0 Å². The highest BCUT2D eigenvalue weighted by atomic mass is 15.2. The molecule has 222 valence electrons. The van der Waals surface area contributed by atoms with Crippen LogP contribution in [0.4, 0.5) is 34.1 Å². The molecule has 0 saturated carbocycles. The van der Waals surface area contributed by atoms with E-state index in [0.29, 0.717) is 0 Å². The van der Waals surface area contributed by atoms with Crippen LogP contribution >= 0.6 is 0 Å². The van der Waals surface area contributed by atoms with Crippen molar-refractivity contribution in [2.75, 3.05) is 9.80 Å². The Bertz CT molecular complexity index is 2080. The Hall–Kier alpha value is -5.34. The minimum Gasteiger partial charge on any atom is -0.310 e. The van der Waals surface area contributed by atoms with Crippen molar-refractivity contribution >= 4 is 55.7 Å². The van der Waals surface area contributed by atoms with Gasteiger partial charge in [0.2, 0.25) is 0 Å². The molecule has 0 aliphatic carbocycles. The quantitative estimate of drug-likeness (QED) is 0.184. The van der Waals surface area contributed by atoms with E-state index in [4.69, 9.17) is 0 Å². The number of hydrogen-bond acceptors (Lipinski definition) is 2. The van der Waals surface area contributed by atoms with E-state index in [2.05, 4.69) is 183 Å². The number of benzene rings is 7. The third-order valence-electron chi connectivity index (χ3n) is 10.6. The lowest BCUT2D eigenvalue weighted by Crippen LogP contribution is -2.30. The average molecular weight is 593 g/mol. The summed E-state index contributed by atoms with van der Waals surface area (Å²) in [5.41, 5.74) is 12.6. The maximum Gasteiger partial charge on any atom is 0.0502 e. The highest BCUT2D eigenvalue weighted by Crippen LogP contribution is 2.53. The van der Waals surface area contributed by atoms with Crippen molar-refractivity contribution in [3.63, 3.8) is 0 Å². The Morgan fingerprint density at radius 2 is 0.630 bits per heavy atom. The summed E-state index contributed by atoms with van der Waals surface area (Å²) in [4.78, 5) is 4.88. The first-order chi connectivity index (χ1) is 22.3. The molecule has 2 nitrogen and oxygen atoms in total. The Morgan fingerprint density at radius 1 is 0.326 bits per heavy atom. The van der Waals surface area contributed by atoms with E-state index in [1.165, 1.54) is 77.9 Å². The van der Waals surface area contributed by atoms with Gasteiger partial charge in [0, 0.05) is 22.2 Å². The standard InChI is InChI=1S/C44H36N2/c1-43(2)35-13-5-9-17-39(35)45(40-18-10-6-14-36(40)43)33-23-21-29-26-32-28-34(24-22-30(32)25-31(29)27-33)46-41-19-11-7-15-37(41)44(3,4)38-16-8-12-20-42(38)46/h5-28H,1-4H3. The van der Waals surface area contributed by atoms with Gasteiger partial charge in [-0.2, -0.15) is 0 Å². The first-order valence-corrected chi connectivity index (χ1v) is 16.3. The summed E-state index contributed by atoms with van der Waals surface area (Å²) < 4.78 is 0. The van der Waals surface area contributed by atoms with Gasteiger partial charge < -0.3 is 9.80 Å². The molecule has 0 atom stereocenters. The van der Waals surface area contributed by atoms with Gasteiger partial charge in [0.25, 0.3) is 0 Å². The molecule has 0 bridgehead atoms. The minimum absolute atomic E-state index is 0.0699. The largest absolute Gasteiger partial charge is 0.310 e. The Morgan fingerprint density at radius 3 is 0.957 bits per heavy atom. The Kier molecular flexibility index (Phi) is 5.63. The van der Waals surface area contributed by atoms with Gasteiger partial charge in [0.15, 0.2) is 0 Å². The summed E-state index contributed by atoms with van der Waals surface area (Å²) >= 11 is 0. The Balaban J connectivity index is 1.17. The van der Waals surface area contributed by atoms with Crippen LogP contribution in [-0.2, 0) is 10.8 Å². The number of nitrogens with zero attached hydrogens (tertiary/aromatic N) is 2. The molecule has 7 aromatic carbocycles. The second-order valence-corrected chi connectivity index (χ2v) is 13.9. The highest BCUT2D eigenvalue weighted by molar-refractivity contribution is 6.02. The molecule has 0 fully saturated rings. The van der Waals surface area contributed by atoms with Gasteiger partial charge in [-0.15, -0.1) is 0 Å². The van der Waals surface area contributed by atoms with Gasteiger partial charge in [-0.25, -0.2) is 0 Å². The predicted octanol–water partition coefficient (Wildman–Crippen LogP) is 12.2. The summed E-state index contributed by atoms with van der Waals surface area (Å²) in [5, 5.41) is 4.97. The lowest BCUT2D eigenvalue weighted by atomic mass is 9.73. The molecule has 0 spiro atoms. The van der Waals surface area contributed by atoms with Crippen LogP contribution in [0.2, 0.25) is 0 Å². The molecule has 0 amide bonds. The van der Waals surface area contributed by atoms with Crippen LogP contribution in [0.3, 0.4) is 0 Å². The van der Waals surface area contributed by atoms with Crippen molar-refractivity contribution in [2.24, 2.45) is 0 Å². The summed E-state index contributed by atoms with van der Waals surface area (Å²) in [6.07, 6.45) is 0. The van der Waals surface area contributed by atoms with Gasteiger partial charge in [0.1, 0.15) is 0 Å². The third-order valence-corrected chi connectivity index (χ3v) is 10.6. The topological polar surface area (TPSA) is 6.48 Å². The molecule has 2 heteroatoms. The average Bonchev–Trinajstić information content (AvgIpc) is 3.08. The molecule has 0 radical (unpaired) electrons. The van der Waals surface area contributed by atoms with E-state index in [1.54, 1.807) is 0 Å². The van der Waals surface area contributed by atoms with Crippen molar-refractivity contribution in [1.29, 1.82) is 0 Å². The third kappa shape index (κ3) is 3.77. The smallest absolute Gasteiger partial charge is 0.0502 e. The molecular formula is C44H36N2. The molecule has 2 aliphatic rings. The summed E-state index contributed by atoms with van der Waals surface area (Å²) in [6.45, 7) is 9.35. The summed E-state index contributed by atoms with van der Waals surface area (Å²) in [7, 11) is 0. The normalized spacial score (nSPS) is 15.7. The van der Waals surface area contributed by atoms with Crippen molar-refractivity contribution in [3.8, 4) is 0 Å². The van der Waals surface area contributed by atoms with Crippen LogP contribution in [0.5, 0.6) is 0 Å². The zero-order chi connectivity index (χ0) is 31.2. The van der Waals surface area contributed by atoms with E-state index in [9.17, 15) is 0 Å². The molecule has 2 aliphatic heterocycles. The fourth-order valence-corrected chi connectivity index (χ4v) is 8.15. The molecule has 2 heterocycles. The zero-order valence-electron chi connectivity index (χ0n) is 26.8. The molecule has 0 saturated heterocycles. The predicted molar refractivity (Wildman–Crippen MR) is 195 cm³/mol. The highest BCUT2D eigenvalue weighted by Gasteiger charge is 2.37. The second-order valence-electron chi connectivity index (χ2n) is 13.9. The van der Waals surface area contributed by atoms with Crippen molar-refractivity contribution < 1.29 is 0 Å². The van der Waals surface area contributed by atoms with Crippen LogP contribution < -0.4 is 9.80 Å². The van der Waals surface area contributed by atoms with E-state index in [1.807, 2.05) is 0 Å². The lowest BCUT2D eigenvalue weighted by Gasteiger charge is -2.42. The molecular weight excluding hydrogens is 556 g/mol. The van der Waals surface area contributed by atoms with Crippen molar-refractivity contribution in [1.82, 2.24) is 0 Å². The van der Waals surface area contributed by atoms with Crippen LogP contribution in [-0.4, -0.2) is 0 Å². The first-order valence-electron chi connectivity index (χ1n) is 16.3. The molecule has 7 aromatic rings. The van der Waals surface area contributed by atoms with Crippen LogP contribution in [0, 0.1) is 0 Å². The van der Waals surface area contributed by atoms with Gasteiger partial charge in [-0.3, -0.25) is 0 Å². The SMILES string of the molecule is CC1(C)c2ccccc2N(c2ccc3cc4cc(N5c6ccccc6C(C)(C)c6ccccc65)ccc4cc3c2)c2ccccc21. The minimum atomic E-state index is -0.0699. The van der Waals surface area contributed by atoms with Gasteiger partial charge in [0.05, 0.1) is 22.7 Å². The van der Waals surface area contributed by atoms with E-state index in [0.717, 1.165) is 0 Å². The van der Waals surface area contributed by atoms with Crippen LogP contribution in [0.25, 0.3) is 21.5 Å².